The number of hydrogen-bond donors (Lipinski definition) is 1. The monoisotopic (exact) mass is 399 g/mol. The highest BCUT2D eigenvalue weighted by atomic mass is 16.6. The first-order valence-corrected chi connectivity index (χ1v) is 10.2. The van der Waals surface area contributed by atoms with Crippen molar-refractivity contribution in [1.82, 2.24) is 0 Å². The average Bonchev–Trinajstić information content (AvgIpc) is 3.16. The van der Waals surface area contributed by atoms with E-state index in [0.29, 0.717) is 6.42 Å². The van der Waals surface area contributed by atoms with Gasteiger partial charge in [-0.3, -0.25) is 0 Å². The first-order chi connectivity index (χ1) is 14.7. The van der Waals surface area contributed by atoms with E-state index in [1.807, 2.05) is 54.6 Å². The zero-order valence-corrected chi connectivity index (χ0v) is 16.7. The van der Waals surface area contributed by atoms with E-state index < -0.39 is 17.8 Å². The molecule has 3 aromatic carbocycles. The lowest BCUT2D eigenvalue weighted by Gasteiger charge is -2.37. The topological polar surface area (TPSA) is 62.5 Å². The Morgan fingerprint density at radius 1 is 0.867 bits per heavy atom. The Hall–Kier alpha value is -2.97. The minimum atomic E-state index is -0.847. The number of aliphatic hydroxyl groups is 1. The SMILES string of the molecule is N#CC[C@H]1C[C@H](O)[C@@H](COC(c2ccccc2)(c2ccccc2)c2ccccc2)O1. The Morgan fingerprint density at radius 2 is 1.33 bits per heavy atom. The third-order valence-electron chi connectivity index (χ3n) is 5.62. The van der Waals surface area contributed by atoms with Crippen molar-refractivity contribution in [2.24, 2.45) is 0 Å². The predicted molar refractivity (Wildman–Crippen MR) is 115 cm³/mol. The number of aliphatic hydroxyl groups excluding tert-OH is 1. The van der Waals surface area contributed by atoms with Crippen molar-refractivity contribution >= 4 is 0 Å². The summed E-state index contributed by atoms with van der Waals surface area (Å²) in [4.78, 5) is 0. The average molecular weight is 399 g/mol. The van der Waals surface area contributed by atoms with Crippen LogP contribution in [0, 0.1) is 11.3 Å². The van der Waals surface area contributed by atoms with Crippen LogP contribution in [0.15, 0.2) is 91.0 Å². The molecule has 0 aliphatic carbocycles. The maximum atomic E-state index is 10.5. The van der Waals surface area contributed by atoms with Crippen LogP contribution in [0.5, 0.6) is 0 Å². The van der Waals surface area contributed by atoms with Crippen LogP contribution < -0.4 is 0 Å². The first-order valence-electron chi connectivity index (χ1n) is 10.2. The van der Waals surface area contributed by atoms with Gasteiger partial charge in [-0.1, -0.05) is 91.0 Å². The van der Waals surface area contributed by atoms with Gasteiger partial charge in [0.1, 0.15) is 11.7 Å². The molecule has 0 spiro atoms. The van der Waals surface area contributed by atoms with Crippen LogP contribution in [0.25, 0.3) is 0 Å². The van der Waals surface area contributed by atoms with E-state index in [9.17, 15) is 5.11 Å². The van der Waals surface area contributed by atoms with Crippen molar-refractivity contribution in [2.75, 3.05) is 6.61 Å². The quantitative estimate of drug-likeness (QED) is 0.597. The van der Waals surface area contributed by atoms with E-state index in [-0.39, 0.29) is 19.1 Å². The number of nitriles is 1. The van der Waals surface area contributed by atoms with Gasteiger partial charge < -0.3 is 14.6 Å². The summed E-state index contributed by atoms with van der Waals surface area (Å²) >= 11 is 0. The molecule has 1 saturated heterocycles. The van der Waals surface area contributed by atoms with Crippen LogP contribution in [0.2, 0.25) is 0 Å². The highest BCUT2D eigenvalue weighted by Crippen LogP contribution is 2.41. The van der Waals surface area contributed by atoms with E-state index in [2.05, 4.69) is 42.5 Å². The van der Waals surface area contributed by atoms with Gasteiger partial charge in [-0.2, -0.15) is 5.26 Å². The van der Waals surface area contributed by atoms with Crippen molar-refractivity contribution in [2.45, 2.75) is 36.8 Å². The summed E-state index contributed by atoms with van der Waals surface area (Å²) in [5.74, 6) is 0. The van der Waals surface area contributed by atoms with Crippen LogP contribution >= 0.6 is 0 Å². The molecule has 4 rings (SSSR count). The molecule has 0 aromatic heterocycles. The minimum absolute atomic E-state index is 0.210. The van der Waals surface area contributed by atoms with Crippen LogP contribution in [0.1, 0.15) is 29.5 Å². The van der Waals surface area contributed by atoms with Crippen LogP contribution in [-0.2, 0) is 15.1 Å². The second kappa shape index (κ2) is 9.23. The molecule has 3 atom stereocenters. The molecule has 30 heavy (non-hydrogen) atoms. The largest absolute Gasteiger partial charge is 0.390 e. The number of nitrogens with zero attached hydrogens (tertiary/aromatic N) is 1. The standard InChI is InChI=1S/C26H25NO3/c27-17-16-23-18-24(28)25(30-23)19-29-26(20-10-4-1-5-11-20,21-12-6-2-7-13-21)22-14-8-3-9-15-22/h1-15,23-25,28H,16,18-19H2/t23-,24-,25+/m0/s1. The molecule has 3 aromatic rings. The van der Waals surface area contributed by atoms with E-state index >= 15 is 0 Å². The van der Waals surface area contributed by atoms with Gasteiger partial charge in [0.2, 0.25) is 0 Å². The summed E-state index contributed by atoms with van der Waals surface area (Å²) < 4.78 is 12.6. The molecule has 0 amide bonds. The molecule has 4 nitrogen and oxygen atoms in total. The van der Waals surface area contributed by atoms with Crippen molar-refractivity contribution in [3.05, 3.63) is 108 Å². The third-order valence-corrected chi connectivity index (χ3v) is 5.62. The summed E-state index contributed by atoms with van der Waals surface area (Å²) in [6.07, 6.45) is -0.647. The van der Waals surface area contributed by atoms with E-state index in [1.165, 1.54) is 0 Å². The lowest BCUT2D eigenvalue weighted by Crippen LogP contribution is -2.38. The predicted octanol–water partition coefficient (Wildman–Crippen LogP) is 4.43. The first kappa shape index (κ1) is 20.3. The number of benzene rings is 3. The Kier molecular flexibility index (Phi) is 6.25. The van der Waals surface area contributed by atoms with Gasteiger partial charge >= 0.3 is 0 Å². The second-order valence-electron chi connectivity index (χ2n) is 7.55. The van der Waals surface area contributed by atoms with Crippen molar-refractivity contribution < 1.29 is 14.6 Å². The molecule has 1 fully saturated rings. The second-order valence-corrected chi connectivity index (χ2v) is 7.55. The van der Waals surface area contributed by atoms with Gasteiger partial charge in [0.25, 0.3) is 0 Å². The molecule has 152 valence electrons. The maximum absolute atomic E-state index is 10.5. The number of hydrogen-bond acceptors (Lipinski definition) is 4. The molecule has 1 aliphatic heterocycles. The molecule has 0 saturated carbocycles. The molecule has 1 N–H and O–H groups in total. The minimum Gasteiger partial charge on any atom is -0.390 e. The molecule has 0 radical (unpaired) electrons. The summed E-state index contributed by atoms with van der Waals surface area (Å²) in [7, 11) is 0. The highest BCUT2D eigenvalue weighted by molar-refractivity contribution is 5.47. The van der Waals surface area contributed by atoms with Crippen molar-refractivity contribution in [3.63, 3.8) is 0 Å². The van der Waals surface area contributed by atoms with Crippen LogP contribution in [0.3, 0.4) is 0 Å². The van der Waals surface area contributed by atoms with Gasteiger partial charge in [-0.15, -0.1) is 0 Å². The molecular weight excluding hydrogens is 374 g/mol. The lowest BCUT2D eigenvalue weighted by molar-refractivity contribution is -0.0815. The molecular formula is C26H25NO3. The molecule has 4 heteroatoms. The fourth-order valence-electron chi connectivity index (χ4n) is 4.17. The summed E-state index contributed by atoms with van der Waals surface area (Å²) in [5.41, 5.74) is 2.16. The van der Waals surface area contributed by atoms with Gasteiger partial charge in [-0.05, 0) is 16.7 Å². The van der Waals surface area contributed by atoms with Gasteiger partial charge in [-0.25, -0.2) is 0 Å². The van der Waals surface area contributed by atoms with E-state index in [0.717, 1.165) is 16.7 Å². The fourth-order valence-corrected chi connectivity index (χ4v) is 4.17. The zero-order chi connectivity index (χ0) is 20.8. The Balaban J connectivity index is 1.75. The maximum Gasteiger partial charge on any atom is 0.143 e. The van der Waals surface area contributed by atoms with E-state index in [4.69, 9.17) is 14.7 Å². The fraction of sp³-hybridized carbons (Fsp3) is 0.269. The Bertz CT molecular complexity index is 873. The Labute approximate surface area is 177 Å². The molecule has 1 heterocycles. The lowest BCUT2D eigenvalue weighted by atomic mass is 9.80. The molecule has 0 bridgehead atoms. The van der Waals surface area contributed by atoms with E-state index in [1.54, 1.807) is 0 Å². The summed E-state index contributed by atoms with van der Waals surface area (Å²) in [6.45, 7) is 0.210. The summed E-state index contributed by atoms with van der Waals surface area (Å²) in [5, 5.41) is 19.4. The molecule has 0 unspecified atom stereocenters. The highest BCUT2D eigenvalue weighted by Gasteiger charge is 2.41. The van der Waals surface area contributed by atoms with Crippen LogP contribution in [0.4, 0.5) is 0 Å². The normalized spacial score (nSPS) is 21.3. The van der Waals surface area contributed by atoms with Gasteiger partial charge in [0.05, 0.1) is 31.3 Å². The zero-order valence-electron chi connectivity index (χ0n) is 16.7. The van der Waals surface area contributed by atoms with Crippen molar-refractivity contribution in [1.29, 1.82) is 5.26 Å². The van der Waals surface area contributed by atoms with Crippen molar-refractivity contribution in [3.8, 4) is 6.07 Å². The van der Waals surface area contributed by atoms with Gasteiger partial charge in [0.15, 0.2) is 0 Å². The summed E-state index contributed by atoms with van der Waals surface area (Å²) in [6, 6.07) is 32.5. The van der Waals surface area contributed by atoms with Crippen LogP contribution in [-0.4, -0.2) is 30.0 Å². The van der Waals surface area contributed by atoms with Gasteiger partial charge in [0, 0.05) is 6.42 Å². The number of rotatable bonds is 7. The molecule has 1 aliphatic rings. The number of ether oxygens (including phenoxy) is 2. The smallest absolute Gasteiger partial charge is 0.143 e. The Morgan fingerprint density at radius 3 is 1.77 bits per heavy atom. The third kappa shape index (κ3) is 4.01.